The third-order valence-corrected chi connectivity index (χ3v) is 5.72. The third-order valence-electron chi connectivity index (χ3n) is 4.34. The first-order valence-corrected chi connectivity index (χ1v) is 10.6. The monoisotopic (exact) mass is 426 g/mol. The van der Waals surface area contributed by atoms with E-state index in [1.165, 1.54) is 31.4 Å². The maximum absolute atomic E-state index is 12.7. The fourth-order valence-corrected chi connectivity index (χ4v) is 3.91. The maximum Gasteiger partial charge on any atom is 0.262 e. The molecule has 3 aromatic carbocycles. The lowest BCUT2D eigenvalue weighted by Gasteiger charge is -2.12. The normalized spacial score (nSPS) is 11.0. The van der Waals surface area contributed by atoms with Crippen molar-refractivity contribution in [2.24, 2.45) is 0 Å². The largest absolute Gasteiger partial charge is 0.495 e. The number of nitrogens with one attached hydrogen (secondary N) is 2. The number of ether oxygens (including phenoxy) is 2. The molecule has 0 saturated carbocycles. The number of anilines is 2. The first-order chi connectivity index (χ1) is 14.4. The zero-order chi connectivity index (χ0) is 21.6. The van der Waals surface area contributed by atoms with Crippen LogP contribution >= 0.6 is 0 Å². The number of methoxy groups -OCH3 is 2. The van der Waals surface area contributed by atoms with Crippen LogP contribution in [0.25, 0.3) is 0 Å². The molecule has 8 heteroatoms. The molecule has 1 amide bonds. The van der Waals surface area contributed by atoms with E-state index in [4.69, 9.17) is 9.47 Å². The van der Waals surface area contributed by atoms with Gasteiger partial charge in [-0.25, -0.2) is 8.42 Å². The maximum atomic E-state index is 12.7. The number of carbonyl (C=O) groups is 1. The van der Waals surface area contributed by atoms with Gasteiger partial charge in [0.2, 0.25) is 0 Å². The van der Waals surface area contributed by atoms with E-state index >= 15 is 0 Å². The Bertz CT molecular complexity index is 1130. The fourth-order valence-electron chi connectivity index (χ4n) is 2.84. The Kier molecular flexibility index (Phi) is 6.71. The van der Waals surface area contributed by atoms with Crippen molar-refractivity contribution in [2.45, 2.75) is 11.5 Å². The predicted octanol–water partition coefficient (Wildman–Crippen LogP) is 3.89. The summed E-state index contributed by atoms with van der Waals surface area (Å²) in [6.07, 6.45) is 0. The summed E-state index contributed by atoms with van der Waals surface area (Å²) >= 11 is 0. The molecule has 0 fully saturated rings. The van der Waals surface area contributed by atoms with Gasteiger partial charge < -0.3 is 14.8 Å². The van der Waals surface area contributed by atoms with E-state index in [-0.39, 0.29) is 10.8 Å². The van der Waals surface area contributed by atoms with E-state index in [9.17, 15) is 13.2 Å². The van der Waals surface area contributed by atoms with Crippen molar-refractivity contribution in [1.82, 2.24) is 0 Å². The molecule has 0 radical (unpaired) electrons. The SMILES string of the molecule is COCc1ccccc1NC(=O)c1ccc(S(=O)(=O)Nc2ccccc2OC)cc1. The minimum absolute atomic E-state index is 0.0322. The second-order valence-corrected chi connectivity index (χ2v) is 8.06. The highest BCUT2D eigenvalue weighted by Crippen LogP contribution is 2.26. The quantitative estimate of drug-likeness (QED) is 0.570. The van der Waals surface area contributed by atoms with Gasteiger partial charge in [0.25, 0.3) is 15.9 Å². The van der Waals surface area contributed by atoms with Crippen LogP contribution < -0.4 is 14.8 Å². The zero-order valence-corrected chi connectivity index (χ0v) is 17.4. The highest BCUT2D eigenvalue weighted by Gasteiger charge is 2.17. The van der Waals surface area contributed by atoms with E-state index in [0.717, 1.165) is 5.56 Å². The van der Waals surface area contributed by atoms with E-state index in [1.807, 2.05) is 18.2 Å². The number of amides is 1. The molecular formula is C22H22N2O5S. The Labute approximate surface area is 175 Å². The molecule has 0 atom stereocenters. The van der Waals surface area contributed by atoms with E-state index < -0.39 is 10.0 Å². The average molecular weight is 426 g/mol. The molecule has 0 aromatic heterocycles. The molecule has 0 spiro atoms. The third kappa shape index (κ3) is 4.97. The van der Waals surface area contributed by atoms with Gasteiger partial charge in [-0.15, -0.1) is 0 Å². The molecule has 3 rings (SSSR count). The van der Waals surface area contributed by atoms with Crippen LogP contribution in [0.3, 0.4) is 0 Å². The molecule has 0 aliphatic rings. The second kappa shape index (κ2) is 9.43. The van der Waals surface area contributed by atoms with Crippen LogP contribution in [-0.2, 0) is 21.4 Å². The van der Waals surface area contributed by atoms with Crippen LogP contribution in [0.15, 0.2) is 77.7 Å². The van der Waals surface area contributed by atoms with Gasteiger partial charge in [0, 0.05) is 23.9 Å². The summed E-state index contributed by atoms with van der Waals surface area (Å²) in [6, 6.07) is 19.7. The predicted molar refractivity (Wildman–Crippen MR) is 115 cm³/mol. The number of benzene rings is 3. The summed E-state index contributed by atoms with van der Waals surface area (Å²) in [5, 5.41) is 2.82. The second-order valence-electron chi connectivity index (χ2n) is 6.37. The van der Waals surface area contributed by atoms with Crippen LogP contribution in [0.5, 0.6) is 5.75 Å². The minimum atomic E-state index is -3.84. The molecule has 3 aromatic rings. The van der Waals surface area contributed by atoms with Crippen molar-refractivity contribution < 1.29 is 22.7 Å². The molecule has 30 heavy (non-hydrogen) atoms. The summed E-state index contributed by atoms with van der Waals surface area (Å²) in [6.45, 7) is 0.363. The van der Waals surface area contributed by atoms with Crippen molar-refractivity contribution in [1.29, 1.82) is 0 Å². The molecule has 0 unspecified atom stereocenters. The number of hydrogen-bond donors (Lipinski definition) is 2. The minimum Gasteiger partial charge on any atom is -0.495 e. The summed E-state index contributed by atoms with van der Waals surface area (Å²) in [5.74, 6) is 0.0620. The smallest absolute Gasteiger partial charge is 0.262 e. The van der Waals surface area contributed by atoms with Gasteiger partial charge in [0.15, 0.2) is 0 Å². The van der Waals surface area contributed by atoms with Crippen LogP contribution in [0, 0.1) is 0 Å². The molecule has 2 N–H and O–H groups in total. The number of para-hydroxylation sites is 3. The van der Waals surface area contributed by atoms with Gasteiger partial charge in [0.05, 0.1) is 24.3 Å². The lowest BCUT2D eigenvalue weighted by Crippen LogP contribution is -2.15. The van der Waals surface area contributed by atoms with Crippen LogP contribution in [0.1, 0.15) is 15.9 Å². The van der Waals surface area contributed by atoms with Gasteiger partial charge in [0.1, 0.15) is 5.75 Å². The molecule has 0 heterocycles. The van der Waals surface area contributed by atoms with Gasteiger partial charge >= 0.3 is 0 Å². The average Bonchev–Trinajstić information content (AvgIpc) is 2.75. The molecule has 0 aliphatic heterocycles. The first-order valence-electron chi connectivity index (χ1n) is 9.08. The summed E-state index contributed by atoms with van der Waals surface area (Å²) < 4.78 is 38.2. The van der Waals surface area contributed by atoms with Crippen molar-refractivity contribution in [3.63, 3.8) is 0 Å². The Morgan fingerprint density at radius 2 is 1.50 bits per heavy atom. The Hall–Kier alpha value is -3.36. The van der Waals surface area contributed by atoms with Gasteiger partial charge in [-0.1, -0.05) is 30.3 Å². The van der Waals surface area contributed by atoms with Crippen LogP contribution in [-0.4, -0.2) is 28.5 Å². The lowest BCUT2D eigenvalue weighted by molar-refractivity contribution is 0.102. The van der Waals surface area contributed by atoms with E-state index in [0.29, 0.717) is 29.3 Å². The lowest BCUT2D eigenvalue weighted by atomic mass is 10.1. The summed E-state index contributed by atoms with van der Waals surface area (Å²) in [4.78, 5) is 12.6. The number of rotatable bonds is 8. The Morgan fingerprint density at radius 3 is 2.17 bits per heavy atom. The van der Waals surface area contributed by atoms with Crippen molar-refractivity contribution >= 4 is 27.3 Å². The van der Waals surface area contributed by atoms with Gasteiger partial charge in [-0.2, -0.15) is 0 Å². The van der Waals surface area contributed by atoms with Crippen molar-refractivity contribution in [3.05, 3.63) is 83.9 Å². The van der Waals surface area contributed by atoms with E-state index in [1.54, 1.807) is 37.4 Å². The number of hydrogen-bond acceptors (Lipinski definition) is 5. The molecule has 0 aliphatic carbocycles. The Morgan fingerprint density at radius 1 is 0.867 bits per heavy atom. The standard InChI is InChI=1S/C22H22N2O5S/c1-28-15-17-7-3-4-8-19(17)23-22(25)16-11-13-18(14-12-16)30(26,27)24-20-9-5-6-10-21(20)29-2/h3-14,24H,15H2,1-2H3,(H,23,25). The summed E-state index contributed by atoms with van der Waals surface area (Å²) in [5.41, 5.74) is 2.14. The highest BCUT2D eigenvalue weighted by atomic mass is 32.2. The fraction of sp³-hybridized carbons (Fsp3) is 0.136. The van der Waals surface area contributed by atoms with Crippen LogP contribution in [0.4, 0.5) is 11.4 Å². The first kappa shape index (κ1) is 21.4. The zero-order valence-electron chi connectivity index (χ0n) is 16.6. The molecule has 0 saturated heterocycles. The van der Waals surface area contributed by atoms with Crippen molar-refractivity contribution in [2.75, 3.05) is 24.3 Å². The van der Waals surface area contributed by atoms with E-state index in [2.05, 4.69) is 10.0 Å². The van der Waals surface area contributed by atoms with Gasteiger partial charge in [-0.05, 0) is 42.5 Å². The van der Waals surface area contributed by atoms with Crippen molar-refractivity contribution in [3.8, 4) is 5.75 Å². The topological polar surface area (TPSA) is 93.7 Å². The molecule has 156 valence electrons. The van der Waals surface area contributed by atoms with Crippen LogP contribution in [0.2, 0.25) is 0 Å². The Balaban J connectivity index is 1.76. The van der Waals surface area contributed by atoms with Gasteiger partial charge in [-0.3, -0.25) is 9.52 Å². The molecular weight excluding hydrogens is 404 g/mol. The highest BCUT2D eigenvalue weighted by molar-refractivity contribution is 7.92. The molecule has 0 bridgehead atoms. The number of carbonyl (C=O) groups excluding carboxylic acids is 1. The number of sulfonamides is 1. The summed E-state index contributed by atoms with van der Waals surface area (Å²) in [7, 11) is -0.796. The molecule has 7 nitrogen and oxygen atoms in total.